The number of ether oxygens (including phenoxy) is 7. The Kier molecular flexibility index (Phi) is 13.5. The molecule has 0 radical (unpaired) electrons. The van der Waals surface area contributed by atoms with Crippen molar-refractivity contribution in [1.82, 2.24) is 0 Å². The normalized spacial score (nSPS) is 10.6. The van der Waals surface area contributed by atoms with Crippen molar-refractivity contribution in [2.75, 3.05) is 7.11 Å². The standard InChI is InChI=1S/C50H44O8/c1-52-50(51)43-26-48(57-35-41-22-44(53-31-37-14-6-2-7-15-37)28-45(23-41)54-32-38-16-8-3-9-17-38)30-49(27-43)58-36-42-24-46(55-33-39-18-10-4-11-19-39)29-47(25-42)56-34-40-20-12-5-13-21-40/h2-30H,31-36H2,1H3. The fraction of sp³-hybridized carbons (Fsp3) is 0.140. The van der Waals surface area contributed by atoms with Gasteiger partial charge in [0.05, 0.1) is 12.7 Å². The second-order valence-corrected chi connectivity index (χ2v) is 13.5. The lowest BCUT2D eigenvalue weighted by Crippen LogP contribution is -2.05. The van der Waals surface area contributed by atoms with E-state index in [1.165, 1.54) is 7.11 Å². The van der Waals surface area contributed by atoms with E-state index >= 15 is 0 Å². The number of methoxy groups -OCH3 is 1. The number of rotatable bonds is 19. The molecule has 0 aliphatic heterocycles. The molecule has 0 aliphatic carbocycles. The van der Waals surface area contributed by atoms with Gasteiger partial charge >= 0.3 is 5.97 Å². The zero-order valence-electron chi connectivity index (χ0n) is 32.3. The van der Waals surface area contributed by atoms with Crippen molar-refractivity contribution in [3.05, 3.63) is 215 Å². The quantitative estimate of drug-likeness (QED) is 0.0752. The molecule has 0 fully saturated rings. The minimum absolute atomic E-state index is 0.164. The molecule has 8 heteroatoms. The zero-order valence-corrected chi connectivity index (χ0v) is 32.3. The van der Waals surface area contributed by atoms with Gasteiger partial charge in [-0.25, -0.2) is 4.79 Å². The Morgan fingerprint density at radius 3 is 0.828 bits per heavy atom. The maximum atomic E-state index is 12.8. The molecule has 7 aromatic rings. The molecule has 0 spiro atoms. The van der Waals surface area contributed by atoms with Crippen LogP contribution >= 0.6 is 0 Å². The third-order valence-corrected chi connectivity index (χ3v) is 8.99. The molecule has 0 aromatic heterocycles. The topological polar surface area (TPSA) is 81.7 Å². The van der Waals surface area contributed by atoms with Crippen molar-refractivity contribution in [2.45, 2.75) is 39.6 Å². The third kappa shape index (κ3) is 11.9. The summed E-state index contributed by atoms with van der Waals surface area (Å²) in [5.74, 6) is 2.89. The Balaban J connectivity index is 1.08. The van der Waals surface area contributed by atoms with Crippen molar-refractivity contribution in [2.24, 2.45) is 0 Å². The number of carbonyl (C=O) groups is 1. The molecule has 0 atom stereocenters. The van der Waals surface area contributed by atoms with E-state index < -0.39 is 5.97 Å². The van der Waals surface area contributed by atoms with Crippen LogP contribution in [0.15, 0.2) is 176 Å². The van der Waals surface area contributed by atoms with Gasteiger partial charge in [-0.05, 0) is 69.8 Å². The maximum absolute atomic E-state index is 12.8. The third-order valence-electron chi connectivity index (χ3n) is 8.99. The van der Waals surface area contributed by atoms with Gasteiger partial charge in [0, 0.05) is 18.2 Å². The van der Waals surface area contributed by atoms with Crippen LogP contribution in [0.25, 0.3) is 0 Å². The summed E-state index contributed by atoms with van der Waals surface area (Å²) in [6, 6.07) is 56.3. The molecule has 292 valence electrons. The van der Waals surface area contributed by atoms with Crippen molar-refractivity contribution in [3.8, 4) is 34.5 Å². The van der Waals surface area contributed by atoms with Crippen LogP contribution in [0.2, 0.25) is 0 Å². The van der Waals surface area contributed by atoms with Gasteiger partial charge < -0.3 is 33.2 Å². The fourth-order valence-electron chi connectivity index (χ4n) is 6.03. The molecule has 8 nitrogen and oxygen atoms in total. The predicted octanol–water partition coefficient (Wildman–Crippen LogP) is 10.9. The van der Waals surface area contributed by atoms with Crippen LogP contribution in [0.1, 0.15) is 43.7 Å². The molecule has 7 rings (SSSR count). The summed E-state index contributed by atoms with van der Waals surface area (Å²) < 4.78 is 42.5. The first-order valence-electron chi connectivity index (χ1n) is 19.0. The van der Waals surface area contributed by atoms with E-state index in [9.17, 15) is 4.79 Å². The highest BCUT2D eigenvalue weighted by Gasteiger charge is 2.14. The monoisotopic (exact) mass is 772 g/mol. The van der Waals surface area contributed by atoms with Gasteiger partial charge in [0.1, 0.15) is 74.1 Å². The molecule has 58 heavy (non-hydrogen) atoms. The summed E-state index contributed by atoms with van der Waals surface area (Å²) >= 11 is 0. The molecular formula is C50H44O8. The number of carbonyl (C=O) groups excluding carboxylic acids is 1. The van der Waals surface area contributed by atoms with Crippen molar-refractivity contribution >= 4 is 5.97 Å². The van der Waals surface area contributed by atoms with E-state index in [2.05, 4.69) is 0 Å². The van der Waals surface area contributed by atoms with Crippen LogP contribution in [0.4, 0.5) is 0 Å². The van der Waals surface area contributed by atoms with Crippen LogP contribution in [0.3, 0.4) is 0 Å². The first-order valence-corrected chi connectivity index (χ1v) is 19.0. The second kappa shape index (κ2) is 20.1. The van der Waals surface area contributed by atoms with Gasteiger partial charge in [-0.3, -0.25) is 0 Å². The maximum Gasteiger partial charge on any atom is 0.338 e. The summed E-state index contributed by atoms with van der Waals surface area (Å²) in [5, 5.41) is 0. The number of hydrogen-bond acceptors (Lipinski definition) is 8. The molecule has 0 aliphatic rings. The highest BCUT2D eigenvalue weighted by molar-refractivity contribution is 5.90. The highest BCUT2D eigenvalue weighted by Crippen LogP contribution is 2.30. The second-order valence-electron chi connectivity index (χ2n) is 13.5. The van der Waals surface area contributed by atoms with E-state index in [1.807, 2.05) is 158 Å². The van der Waals surface area contributed by atoms with Crippen molar-refractivity contribution < 1.29 is 38.0 Å². The zero-order chi connectivity index (χ0) is 39.8. The lowest BCUT2D eigenvalue weighted by molar-refractivity contribution is 0.0599. The van der Waals surface area contributed by atoms with Crippen LogP contribution < -0.4 is 28.4 Å². The summed E-state index contributed by atoms with van der Waals surface area (Å²) in [7, 11) is 1.34. The lowest BCUT2D eigenvalue weighted by Gasteiger charge is -2.15. The largest absolute Gasteiger partial charge is 0.489 e. The van der Waals surface area contributed by atoms with Crippen molar-refractivity contribution in [1.29, 1.82) is 0 Å². The van der Waals surface area contributed by atoms with Crippen LogP contribution in [0, 0.1) is 0 Å². The summed E-state index contributed by atoms with van der Waals surface area (Å²) in [5.41, 5.74) is 6.10. The average molecular weight is 773 g/mol. The number of hydrogen-bond donors (Lipinski definition) is 0. The minimum Gasteiger partial charge on any atom is -0.489 e. The van der Waals surface area contributed by atoms with E-state index in [0.29, 0.717) is 60.9 Å². The van der Waals surface area contributed by atoms with Crippen LogP contribution in [-0.4, -0.2) is 13.1 Å². The summed E-state index contributed by atoms with van der Waals surface area (Å²) in [4.78, 5) is 12.8. The fourth-order valence-corrected chi connectivity index (χ4v) is 6.03. The van der Waals surface area contributed by atoms with Crippen LogP contribution in [0.5, 0.6) is 34.5 Å². The summed E-state index contributed by atoms with van der Waals surface area (Å²) in [6.07, 6.45) is 0. The van der Waals surface area contributed by atoms with Crippen LogP contribution in [-0.2, 0) is 44.4 Å². The predicted molar refractivity (Wildman–Crippen MR) is 222 cm³/mol. The van der Waals surface area contributed by atoms with E-state index in [0.717, 1.165) is 33.4 Å². The molecule has 0 saturated heterocycles. The lowest BCUT2D eigenvalue weighted by atomic mass is 10.1. The van der Waals surface area contributed by atoms with Gasteiger partial charge in [0.15, 0.2) is 0 Å². The molecule has 0 unspecified atom stereocenters. The molecule has 0 bridgehead atoms. The molecule has 0 saturated carbocycles. The Morgan fingerprint density at radius 2 is 0.569 bits per heavy atom. The number of benzene rings is 7. The molecule has 0 N–H and O–H groups in total. The Bertz CT molecular complexity index is 2070. The molecule has 0 heterocycles. The average Bonchev–Trinajstić information content (AvgIpc) is 3.28. The highest BCUT2D eigenvalue weighted by atomic mass is 16.5. The van der Waals surface area contributed by atoms with E-state index in [1.54, 1.807) is 18.2 Å². The first kappa shape index (κ1) is 39.1. The molecule has 7 aromatic carbocycles. The smallest absolute Gasteiger partial charge is 0.338 e. The van der Waals surface area contributed by atoms with Gasteiger partial charge in [0.2, 0.25) is 0 Å². The van der Waals surface area contributed by atoms with Gasteiger partial charge in [0.25, 0.3) is 0 Å². The first-order chi connectivity index (χ1) is 28.5. The summed E-state index contributed by atoms with van der Waals surface area (Å²) in [6.45, 7) is 1.91. The number of esters is 1. The Labute approximate surface area is 339 Å². The molecular weight excluding hydrogens is 729 g/mol. The van der Waals surface area contributed by atoms with Gasteiger partial charge in [-0.15, -0.1) is 0 Å². The van der Waals surface area contributed by atoms with Gasteiger partial charge in [-0.2, -0.15) is 0 Å². The van der Waals surface area contributed by atoms with Gasteiger partial charge in [-0.1, -0.05) is 121 Å². The van der Waals surface area contributed by atoms with E-state index in [-0.39, 0.29) is 18.8 Å². The molecule has 0 amide bonds. The Morgan fingerprint density at radius 1 is 0.328 bits per heavy atom. The SMILES string of the molecule is COC(=O)c1cc(OCc2cc(OCc3ccccc3)cc(OCc3ccccc3)c2)cc(OCc2cc(OCc3ccccc3)cc(OCc3ccccc3)c2)c1. The minimum atomic E-state index is -0.517. The van der Waals surface area contributed by atoms with E-state index in [4.69, 9.17) is 33.2 Å². The Hall–Kier alpha value is -7.19. The van der Waals surface area contributed by atoms with Crippen molar-refractivity contribution in [3.63, 3.8) is 0 Å².